The number of carbonyl (C=O) groups excluding carboxylic acids is 1. The van der Waals surface area contributed by atoms with Gasteiger partial charge >= 0.3 is 0 Å². The smallest absolute Gasteiger partial charge is 0.248 e. The topological polar surface area (TPSA) is 55.1 Å². The van der Waals surface area contributed by atoms with Gasteiger partial charge in [0.2, 0.25) is 11.8 Å². The molecule has 32 heavy (non-hydrogen) atoms. The van der Waals surface area contributed by atoms with Crippen molar-refractivity contribution in [2.24, 2.45) is 0 Å². The van der Waals surface area contributed by atoms with Crippen LogP contribution >= 0.6 is 23.2 Å². The Labute approximate surface area is 196 Å². The lowest BCUT2D eigenvalue weighted by Gasteiger charge is -2.07. The standard InChI is InChI=1S/C26H22Cl2N2O2/c1-3-16(2)18-8-12-24-23(14-18)30-26(32-24)19-7-11-21(28)22(15-19)29-25(31)13-6-17-4-9-20(27)10-5-17/h4-16H,3H2,1-2H3,(H,29,31)/b13-6+/t16-/m0/s1. The summed E-state index contributed by atoms with van der Waals surface area (Å²) in [7, 11) is 0. The molecule has 3 aromatic carbocycles. The van der Waals surface area contributed by atoms with E-state index in [4.69, 9.17) is 27.6 Å². The van der Waals surface area contributed by atoms with Crippen LogP contribution < -0.4 is 5.32 Å². The first-order valence-corrected chi connectivity index (χ1v) is 11.1. The van der Waals surface area contributed by atoms with E-state index in [1.54, 1.807) is 30.3 Å². The van der Waals surface area contributed by atoms with Gasteiger partial charge in [0.15, 0.2) is 5.58 Å². The maximum absolute atomic E-state index is 12.4. The molecule has 1 aromatic heterocycles. The number of carbonyl (C=O) groups is 1. The van der Waals surface area contributed by atoms with Gasteiger partial charge in [0.25, 0.3) is 0 Å². The Balaban J connectivity index is 1.55. The van der Waals surface area contributed by atoms with Gasteiger partial charge in [0, 0.05) is 16.7 Å². The van der Waals surface area contributed by atoms with Crippen molar-refractivity contribution in [2.45, 2.75) is 26.2 Å². The van der Waals surface area contributed by atoms with Crippen LogP contribution in [0.25, 0.3) is 28.6 Å². The van der Waals surface area contributed by atoms with Crippen LogP contribution in [0.4, 0.5) is 5.69 Å². The maximum Gasteiger partial charge on any atom is 0.248 e. The third kappa shape index (κ3) is 5.04. The Hall–Kier alpha value is -3.08. The Morgan fingerprint density at radius 3 is 2.62 bits per heavy atom. The molecule has 0 radical (unpaired) electrons. The highest BCUT2D eigenvalue weighted by Crippen LogP contribution is 2.31. The van der Waals surface area contributed by atoms with Gasteiger partial charge in [0.05, 0.1) is 10.7 Å². The van der Waals surface area contributed by atoms with Crippen molar-refractivity contribution in [2.75, 3.05) is 5.32 Å². The molecule has 0 saturated carbocycles. The molecule has 1 heterocycles. The zero-order chi connectivity index (χ0) is 22.7. The zero-order valence-corrected chi connectivity index (χ0v) is 19.2. The monoisotopic (exact) mass is 464 g/mol. The van der Waals surface area contributed by atoms with Gasteiger partial charge in [-0.15, -0.1) is 0 Å². The second-order valence-corrected chi connectivity index (χ2v) is 8.47. The van der Waals surface area contributed by atoms with Crippen molar-refractivity contribution >= 4 is 52.0 Å². The van der Waals surface area contributed by atoms with Gasteiger partial charge in [-0.25, -0.2) is 4.98 Å². The molecule has 4 rings (SSSR count). The summed E-state index contributed by atoms with van der Waals surface area (Å²) in [5, 5.41) is 3.89. The van der Waals surface area contributed by atoms with E-state index in [-0.39, 0.29) is 5.91 Å². The molecule has 0 aliphatic heterocycles. The molecule has 0 unspecified atom stereocenters. The molecule has 0 spiro atoms. The molecule has 0 aliphatic rings. The predicted molar refractivity (Wildman–Crippen MR) is 132 cm³/mol. The van der Waals surface area contributed by atoms with Gasteiger partial charge in [0.1, 0.15) is 5.52 Å². The van der Waals surface area contributed by atoms with Gasteiger partial charge in [-0.05, 0) is 72.0 Å². The van der Waals surface area contributed by atoms with Crippen molar-refractivity contribution in [1.29, 1.82) is 0 Å². The normalized spacial score (nSPS) is 12.4. The van der Waals surface area contributed by atoms with Crippen molar-refractivity contribution in [1.82, 2.24) is 4.98 Å². The lowest BCUT2D eigenvalue weighted by molar-refractivity contribution is -0.111. The number of nitrogens with zero attached hydrogens (tertiary/aromatic N) is 1. The number of anilines is 1. The SMILES string of the molecule is CC[C@H](C)c1ccc2oc(-c3ccc(Cl)c(NC(=O)/C=C/c4ccc(Cl)cc4)c3)nc2c1. The average molecular weight is 465 g/mol. The molecule has 1 N–H and O–H groups in total. The largest absolute Gasteiger partial charge is 0.436 e. The Bertz CT molecular complexity index is 1290. The maximum atomic E-state index is 12.4. The third-order valence-electron chi connectivity index (χ3n) is 5.36. The number of rotatable bonds is 6. The van der Waals surface area contributed by atoms with E-state index >= 15 is 0 Å². The van der Waals surface area contributed by atoms with E-state index in [1.807, 2.05) is 24.3 Å². The van der Waals surface area contributed by atoms with Crippen molar-refractivity contribution in [3.8, 4) is 11.5 Å². The fourth-order valence-electron chi connectivity index (χ4n) is 3.28. The summed E-state index contributed by atoms with van der Waals surface area (Å²) < 4.78 is 5.95. The van der Waals surface area contributed by atoms with E-state index in [0.29, 0.717) is 27.5 Å². The first kappa shape index (κ1) is 22.1. The van der Waals surface area contributed by atoms with Crippen LogP contribution in [0.1, 0.15) is 37.3 Å². The average Bonchev–Trinajstić information content (AvgIpc) is 3.23. The Morgan fingerprint density at radius 2 is 1.88 bits per heavy atom. The van der Waals surface area contributed by atoms with Crippen LogP contribution in [-0.2, 0) is 4.79 Å². The van der Waals surface area contributed by atoms with Gasteiger partial charge in [-0.3, -0.25) is 4.79 Å². The van der Waals surface area contributed by atoms with Crippen LogP contribution in [0.5, 0.6) is 0 Å². The molecule has 6 heteroatoms. The molecular weight excluding hydrogens is 443 g/mol. The molecule has 0 saturated heterocycles. The minimum absolute atomic E-state index is 0.297. The summed E-state index contributed by atoms with van der Waals surface area (Å²) in [6.45, 7) is 4.36. The van der Waals surface area contributed by atoms with Crippen LogP contribution in [0.2, 0.25) is 10.0 Å². The van der Waals surface area contributed by atoms with Gasteiger partial charge in [-0.2, -0.15) is 0 Å². The number of aromatic nitrogens is 1. The highest BCUT2D eigenvalue weighted by atomic mass is 35.5. The molecule has 1 amide bonds. The minimum Gasteiger partial charge on any atom is -0.436 e. The fourth-order valence-corrected chi connectivity index (χ4v) is 3.58. The summed E-state index contributed by atoms with van der Waals surface area (Å²) in [4.78, 5) is 17.0. The number of halogens is 2. The van der Waals surface area contributed by atoms with Crippen LogP contribution in [0.15, 0.2) is 71.2 Å². The highest BCUT2D eigenvalue weighted by molar-refractivity contribution is 6.34. The first-order chi connectivity index (χ1) is 15.4. The van der Waals surface area contributed by atoms with E-state index in [0.717, 1.165) is 28.6 Å². The van der Waals surface area contributed by atoms with Crippen molar-refractivity contribution < 1.29 is 9.21 Å². The number of hydrogen-bond acceptors (Lipinski definition) is 3. The highest BCUT2D eigenvalue weighted by Gasteiger charge is 2.13. The summed E-state index contributed by atoms with van der Waals surface area (Å²) in [6, 6.07) is 18.6. The van der Waals surface area contributed by atoms with Gasteiger partial charge in [-0.1, -0.05) is 55.2 Å². The number of amides is 1. The minimum atomic E-state index is -0.297. The summed E-state index contributed by atoms with van der Waals surface area (Å²) >= 11 is 12.2. The zero-order valence-electron chi connectivity index (χ0n) is 17.7. The number of fused-ring (bicyclic) bond motifs is 1. The van der Waals surface area contributed by atoms with E-state index in [2.05, 4.69) is 36.3 Å². The fraction of sp³-hybridized carbons (Fsp3) is 0.154. The third-order valence-corrected chi connectivity index (χ3v) is 5.94. The molecule has 4 aromatic rings. The number of oxazole rings is 1. The number of nitrogens with one attached hydrogen (secondary N) is 1. The molecule has 0 bridgehead atoms. The molecule has 1 atom stereocenters. The second-order valence-electron chi connectivity index (χ2n) is 7.62. The van der Waals surface area contributed by atoms with E-state index in [1.165, 1.54) is 11.6 Å². The first-order valence-electron chi connectivity index (χ1n) is 10.4. The van der Waals surface area contributed by atoms with Crippen LogP contribution in [0, 0.1) is 0 Å². The molecular formula is C26H22Cl2N2O2. The Kier molecular flexibility index (Phi) is 6.63. The molecule has 162 valence electrons. The Morgan fingerprint density at radius 1 is 1.09 bits per heavy atom. The quantitative estimate of drug-likeness (QED) is 0.294. The van der Waals surface area contributed by atoms with Crippen LogP contribution in [-0.4, -0.2) is 10.9 Å². The lowest BCUT2D eigenvalue weighted by Crippen LogP contribution is -2.08. The number of benzene rings is 3. The molecule has 0 fully saturated rings. The lowest BCUT2D eigenvalue weighted by atomic mass is 9.98. The molecule has 0 aliphatic carbocycles. The number of hydrogen-bond donors (Lipinski definition) is 1. The summed E-state index contributed by atoms with van der Waals surface area (Å²) in [6.07, 6.45) is 4.21. The summed E-state index contributed by atoms with van der Waals surface area (Å²) in [5.74, 6) is 0.637. The van der Waals surface area contributed by atoms with E-state index in [9.17, 15) is 4.79 Å². The van der Waals surface area contributed by atoms with Crippen LogP contribution in [0.3, 0.4) is 0 Å². The van der Waals surface area contributed by atoms with Crippen molar-refractivity contribution in [3.63, 3.8) is 0 Å². The second kappa shape index (κ2) is 9.60. The van der Waals surface area contributed by atoms with E-state index < -0.39 is 0 Å². The summed E-state index contributed by atoms with van der Waals surface area (Å²) in [5.41, 5.74) is 4.84. The van der Waals surface area contributed by atoms with Crippen molar-refractivity contribution in [3.05, 3.63) is 87.9 Å². The molecule has 4 nitrogen and oxygen atoms in total. The predicted octanol–water partition coefficient (Wildman–Crippen LogP) is 7.97. The van der Waals surface area contributed by atoms with Gasteiger partial charge < -0.3 is 9.73 Å².